The number of pyridine rings is 1. The Balaban J connectivity index is 1.48. The molecule has 1 aromatic carbocycles. The molecule has 0 radical (unpaired) electrons. The lowest BCUT2D eigenvalue weighted by Crippen LogP contribution is -2.41. The number of carbonyl (C=O) groups excluding carboxylic acids is 2. The van der Waals surface area contributed by atoms with Gasteiger partial charge in [-0.2, -0.15) is 0 Å². The first kappa shape index (κ1) is 21.7. The average Bonchev–Trinajstić information content (AvgIpc) is 2.71. The second-order valence-corrected chi connectivity index (χ2v) is 7.59. The van der Waals surface area contributed by atoms with E-state index < -0.39 is 4.92 Å². The van der Waals surface area contributed by atoms with Crippen LogP contribution in [0.4, 0.5) is 17.2 Å². The Labute approximate surface area is 178 Å². The quantitative estimate of drug-likeness (QED) is 0.535. The highest BCUT2D eigenvalue weighted by atomic mass is 35.5. The highest BCUT2D eigenvalue weighted by molar-refractivity contribution is 6.30. The van der Waals surface area contributed by atoms with Gasteiger partial charge >= 0.3 is 0 Å². The molecule has 9 nitrogen and oxygen atoms in total. The van der Waals surface area contributed by atoms with Crippen LogP contribution in [-0.2, 0) is 9.59 Å². The number of halogens is 1. The maximum absolute atomic E-state index is 12.4. The van der Waals surface area contributed by atoms with Crippen molar-refractivity contribution in [3.8, 4) is 0 Å². The zero-order valence-electron chi connectivity index (χ0n) is 16.4. The molecule has 2 aromatic rings. The molecule has 1 saturated heterocycles. The minimum atomic E-state index is -0.472. The lowest BCUT2D eigenvalue weighted by molar-refractivity contribution is -0.385. The predicted octanol–water partition coefficient (Wildman–Crippen LogP) is 3.24. The van der Waals surface area contributed by atoms with Crippen LogP contribution < -0.4 is 10.6 Å². The molecule has 0 saturated carbocycles. The van der Waals surface area contributed by atoms with Crippen LogP contribution in [0.3, 0.4) is 0 Å². The van der Waals surface area contributed by atoms with E-state index >= 15 is 0 Å². The number of amides is 2. The SMILES string of the molecule is Cc1c(NC(=O)CN2CCC(C(=O)Nc3ccc(Cl)cn3)CC2)cccc1[N+](=O)[O-]. The van der Waals surface area contributed by atoms with Crippen LogP contribution in [0, 0.1) is 23.0 Å². The Morgan fingerprint density at radius 2 is 1.97 bits per heavy atom. The van der Waals surface area contributed by atoms with E-state index in [1.807, 2.05) is 4.90 Å². The largest absolute Gasteiger partial charge is 0.324 e. The monoisotopic (exact) mass is 431 g/mol. The number of nitro groups is 1. The standard InChI is InChI=1S/C20H22ClN5O4/c1-13-16(3-2-4-17(13)26(29)30)23-19(27)12-25-9-7-14(8-10-25)20(28)24-18-6-5-15(21)11-22-18/h2-6,11,14H,7-10,12H2,1H3,(H,23,27)(H,22,24,28). The van der Waals surface area contributed by atoms with E-state index in [2.05, 4.69) is 15.6 Å². The third kappa shape index (κ3) is 5.52. The Morgan fingerprint density at radius 3 is 2.60 bits per heavy atom. The molecule has 1 fully saturated rings. The van der Waals surface area contributed by atoms with Gasteiger partial charge in [-0.1, -0.05) is 17.7 Å². The van der Waals surface area contributed by atoms with Gasteiger partial charge in [0.2, 0.25) is 11.8 Å². The second-order valence-electron chi connectivity index (χ2n) is 7.16. The number of likely N-dealkylation sites (tertiary alicyclic amines) is 1. The van der Waals surface area contributed by atoms with E-state index in [-0.39, 0.29) is 30.0 Å². The molecule has 1 aliphatic heterocycles. The molecule has 2 heterocycles. The minimum absolute atomic E-state index is 0.0326. The van der Waals surface area contributed by atoms with Crippen molar-refractivity contribution >= 4 is 40.6 Å². The molecule has 2 amide bonds. The highest BCUT2D eigenvalue weighted by Crippen LogP contribution is 2.25. The average molecular weight is 432 g/mol. The number of nitrogens with zero attached hydrogens (tertiary/aromatic N) is 3. The number of aromatic nitrogens is 1. The predicted molar refractivity (Wildman–Crippen MR) is 114 cm³/mol. The van der Waals surface area contributed by atoms with Gasteiger partial charge in [0.15, 0.2) is 0 Å². The lowest BCUT2D eigenvalue weighted by Gasteiger charge is -2.30. The summed E-state index contributed by atoms with van der Waals surface area (Å²) in [5.74, 6) is -0.0349. The van der Waals surface area contributed by atoms with Crippen LogP contribution in [0.15, 0.2) is 36.5 Å². The summed E-state index contributed by atoms with van der Waals surface area (Å²) in [4.78, 5) is 41.4. The number of nitro benzene ring substituents is 1. The van der Waals surface area contributed by atoms with Gasteiger partial charge in [0.25, 0.3) is 5.69 Å². The molecule has 3 rings (SSSR count). The van der Waals surface area contributed by atoms with Gasteiger partial charge in [-0.05, 0) is 51.1 Å². The van der Waals surface area contributed by atoms with Gasteiger partial charge in [0.05, 0.1) is 27.7 Å². The van der Waals surface area contributed by atoms with Crippen molar-refractivity contribution < 1.29 is 14.5 Å². The third-order valence-corrected chi connectivity index (χ3v) is 5.30. The number of hydrogen-bond donors (Lipinski definition) is 2. The Morgan fingerprint density at radius 1 is 1.23 bits per heavy atom. The number of benzene rings is 1. The first-order chi connectivity index (χ1) is 14.3. The number of anilines is 2. The Kier molecular flexibility index (Phi) is 6.96. The minimum Gasteiger partial charge on any atom is -0.324 e. The highest BCUT2D eigenvalue weighted by Gasteiger charge is 2.26. The first-order valence-corrected chi connectivity index (χ1v) is 9.90. The van der Waals surface area contributed by atoms with Crippen LogP contribution >= 0.6 is 11.6 Å². The number of nitrogens with one attached hydrogen (secondary N) is 2. The van der Waals surface area contributed by atoms with Crippen LogP contribution in [0.25, 0.3) is 0 Å². The summed E-state index contributed by atoms with van der Waals surface area (Å²) in [5, 5.41) is 17.1. The fourth-order valence-corrected chi connectivity index (χ4v) is 3.49. The molecule has 1 aliphatic rings. The number of piperidine rings is 1. The summed E-state index contributed by atoms with van der Waals surface area (Å²) in [5.41, 5.74) is 0.816. The van der Waals surface area contributed by atoms with E-state index in [0.29, 0.717) is 48.0 Å². The van der Waals surface area contributed by atoms with Crippen molar-refractivity contribution in [1.29, 1.82) is 0 Å². The smallest absolute Gasteiger partial charge is 0.274 e. The third-order valence-electron chi connectivity index (χ3n) is 5.08. The Bertz CT molecular complexity index is 943. The first-order valence-electron chi connectivity index (χ1n) is 9.52. The normalized spacial score (nSPS) is 14.9. The molecular weight excluding hydrogens is 410 g/mol. The van der Waals surface area contributed by atoms with Gasteiger partial charge in [-0.3, -0.25) is 24.6 Å². The van der Waals surface area contributed by atoms with E-state index in [9.17, 15) is 19.7 Å². The molecule has 10 heteroatoms. The van der Waals surface area contributed by atoms with Crippen LogP contribution in [-0.4, -0.2) is 46.3 Å². The maximum atomic E-state index is 12.4. The molecule has 0 spiro atoms. The van der Waals surface area contributed by atoms with Crippen LogP contribution in [0.5, 0.6) is 0 Å². The van der Waals surface area contributed by atoms with Gasteiger partial charge in [-0.15, -0.1) is 0 Å². The number of hydrogen-bond acceptors (Lipinski definition) is 6. The van der Waals surface area contributed by atoms with Crippen molar-refractivity contribution in [2.75, 3.05) is 30.3 Å². The lowest BCUT2D eigenvalue weighted by atomic mass is 9.96. The van der Waals surface area contributed by atoms with Crippen molar-refractivity contribution in [1.82, 2.24) is 9.88 Å². The zero-order valence-corrected chi connectivity index (χ0v) is 17.2. The summed E-state index contributed by atoms with van der Waals surface area (Å²) >= 11 is 5.79. The molecule has 30 heavy (non-hydrogen) atoms. The molecule has 158 valence electrons. The topological polar surface area (TPSA) is 117 Å². The maximum Gasteiger partial charge on any atom is 0.274 e. The summed E-state index contributed by atoms with van der Waals surface area (Å²) in [6, 6.07) is 7.90. The number of rotatable bonds is 6. The van der Waals surface area contributed by atoms with Crippen molar-refractivity contribution in [2.24, 2.45) is 5.92 Å². The second kappa shape index (κ2) is 9.64. The molecule has 0 aliphatic carbocycles. The van der Waals surface area contributed by atoms with Gasteiger partial charge in [0.1, 0.15) is 5.82 Å². The summed E-state index contributed by atoms with van der Waals surface area (Å²) in [7, 11) is 0. The fraction of sp³-hybridized carbons (Fsp3) is 0.350. The number of carbonyl (C=O) groups is 2. The van der Waals surface area contributed by atoms with E-state index in [0.717, 1.165) is 0 Å². The van der Waals surface area contributed by atoms with Crippen molar-refractivity contribution in [2.45, 2.75) is 19.8 Å². The van der Waals surface area contributed by atoms with Crippen molar-refractivity contribution in [3.05, 3.63) is 57.2 Å². The molecule has 2 N–H and O–H groups in total. The van der Waals surface area contributed by atoms with Gasteiger partial charge in [0, 0.05) is 18.2 Å². The van der Waals surface area contributed by atoms with E-state index in [4.69, 9.17) is 11.6 Å². The molecule has 0 unspecified atom stereocenters. The van der Waals surface area contributed by atoms with Crippen molar-refractivity contribution in [3.63, 3.8) is 0 Å². The summed E-state index contributed by atoms with van der Waals surface area (Å²) in [6.07, 6.45) is 2.73. The van der Waals surface area contributed by atoms with Crippen LogP contribution in [0.1, 0.15) is 18.4 Å². The van der Waals surface area contributed by atoms with E-state index in [1.54, 1.807) is 31.2 Å². The van der Waals surface area contributed by atoms with E-state index in [1.165, 1.54) is 12.3 Å². The molecule has 0 atom stereocenters. The zero-order chi connectivity index (χ0) is 21.7. The van der Waals surface area contributed by atoms with Gasteiger partial charge < -0.3 is 10.6 Å². The summed E-state index contributed by atoms with van der Waals surface area (Å²) < 4.78 is 0. The molecule has 1 aromatic heterocycles. The summed E-state index contributed by atoms with van der Waals surface area (Å²) in [6.45, 7) is 2.98. The fourth-order valence-electron chi connectivity index (χ4n) is 3.38. The van der Waals surface area contributed by atoms with Crippen LogP contribution in [0.2, 0.25) is 5.02 Å². The van der Waals surface area contributed by atoms with Gasteiger partial charge in [-0.25, -0.2) is 4.98 Å². The molecule has 0 bridgehead atoms. The Hall–Kier alpha value is -3.04. The molecular formula is C20H22ClN5O4.